The van der Waals surface area contributed by atoms with Crippen LogP contribution in [0.1, 0.15) is 24.8 Å². The van der Waals surface area contributed by atoms with Gasteiger partial charge in [0, 0.05) is 25.8 Å². The van der Waals surface area contributed by atoms with Gasteiger partial charge in [-0.3, -0.25) is 9.59 Å². The van der Waals surface area contributed by atoms with E-state index < -0.39 is 0 Å². The molecule has 1 saturated carbocycles. The third-order valence-electron chi connectivity index (χ3n) is 4.79. The Hall–Kier alpha value is -1.95. The van der Waals surface area contributed by atoms with Crippen molar-refractivity contribution in [2.24, 2.45) is 11.8 Å². The average Bonchev–Trinajstić information content (AvgIpc) is 3.41. The van der Waals surface area contributed by atoms with Gasteiger partial charge in [0.2, 0.25) is 5.91 Å². The molecule has 2 atom stereocenters. The molecule has 1 heterocycles. The van der Waals surface area contributed by atoms with Crippen LogP contribution in [0.5, 0.6) is 0 Å². The molecule has 1 amide bonds. The second-order valence-corrected chi connectivity index (χ2v) is 6.41. The van der Waals surface area contributed by atoms with E-state index in [1.807, 2.05) is 4.90 Å². The number of esters is 1. The van der Waals surface area contributed by atoms with E-state index in [-0.39, 0.29) is 35.6 Å². The number of carbonyl (C=O) groups excluding carboxylic acids is 2. The maximum absolute atomic E-state index is 13.1. The number of hydrogen-bond donors (Lipinski definition) is 0. The molecule has 2 aliphatic rings. The van der Waals surface area contributed by atoms with Gasteiger partial charge in [0.05, 0.1) is 18.9 Å². The maximum Gasteiger partial charge on any atom is 0.309 e. The summed E-state index contributed by atoms with van der Waals surface area (Å²) in [5.41, 5.74) is 0.881. The number of halogens is 1. The Balaban J connectivity index is 1.73. The summed E-state index contributed by atoms with van der Waals surface area (Å²) >= 11 is 0. The van der Waals surface area contributed by atoms with Crippen LogP contribution in [0, 0.1) is 17.7 Å². The van der Waals surface area contributed by atoms with Crippen molar-refractivity contribution in [1.82, 2.24) is 4.90 Å². The van der Waals surface area contributed by atoms with E-state index in [1.54, 1.807) is 12.1 Å². The zero-order valence-electron chi connectivity index (χ0n) is 13.7. The molecule has 0 radical (unpaired) electrons. The molecule has 1 aromatic rings. The highest BCUT2D eigenvalue weighted by Gasteiger charge is 2.51. The van der Waals surface area contributed by atoms with Crippen LogP contribution >= 0.6 is 0 Å². The summed E-state index contributed by atoms with van der Waals surface area (Å²) in [5.74, 6) is -1.24. The van der Waals surface area contributed by atoms with Gasteiger partial charge in [0.15, 0.2) is 0 Å². The monoisotopic (exact) mass is 335 g/mol. The first kappa shape index (κ1) is 16.9. The van der Waals surface area contributed by atoms with Gasteiger partial charge < -0.3 is 14.4 Å². The number of benzene rings is 1. The molecule has 24 heavy (non-hydrogen) atoms. The summed E-state index contributed by atoms with van der Waals surface area (Å²) in [4.78, 5) is 26.4. The molecule has 5 nitrogen and oxygen atoms in total. The van der Waals surface area contributed by atoms with Crippen molar-refractivity contribution in [3.8, 4) is 0 Å². The highest BCUT2D eigenvalue weighted by molar-refractivity contribution is 5.90. The molecule has 1 saturated heterocycles. The lowest BCUT2D eigenvalue weighted by Crippen LogP contribution is -2.44. The fourth-order valence-corrected chi connectivity index (χ4v) is 3.26. The fourth-order valence-electron chi connectivity index (χ4n) is 3.26. The largest absolute Gasteiger partial charge is 0.469 e. The lowest BCUT2D eigenvalue weighted by molar-refractivity contribution is -0.146. The van der Waals surface area contributed by atoms with E-state index in [2.05, 4.69) is 0 Å². The van der Waals surface area contributed by atoms with E-state index in [9.17, 15) is 14.0 Å². The molecule has 130 valence electrons. The van der Waals surface area contributed by atoms with Gasteiger partial charge in [0.1, 0.15) is 5.82 Å². The molecular weight excluding hydrogens is 313 g/mol. The van der Waals surface area contributed by atoms with Crippen LogP contribution in [-0.2, 0) is 25.6 Å². The molecule has 0 bridgehead atoms. The summed E-state index contributed by atoms with van der Waals surface area (Å²) in [7, 11) is 1.34. The first-order valence-corrected chi connectivity index (χ1v) is 8.30. The Morgan fingerprint density at radius 1 is 1.21 bits per heavy atom. The topological polar surface area (TPSA) is 55.8 Å². The molecule has 3 rings (SSSR count). The number of carbonyl (C=O) groups is 2. The van der Waals surface area contributed by atoms with Gasteiger partial charge in [-0.1, -0.05) is 12.1 Å². The summed E-state index contributed by atoms with van der Waals surface area (Å²) in [5, 5.41) is 0. The Labute approximate surface area is 140 Å². The van der Waals surface area contributed by atoms with E-state index in [0.717, 1.165) is 18.4 Å². The summed E-state index contributed by atoms with van der Waals surface area (Å²) < 4.78 is 23.2. The maximum atomic E-state index is 13.1. The number of methoxy groups -OCH3 is 1. The molecule has 0 spiro atoms. The van der Waals surface area contributed by atoms with Gasteiger partial charge in [-0.05, 0) is 37.0 Å². The third-order valence-corrected chi connectivity index (χ3v) is 4.79. The second kappa shape index (κ2) is 7.30. The zero-order chi connectivity index (χ0) is 17.1. The van der Waals surface area contributed by atoms with Crippen molar-refractivity contribution < 1.29 is 23.5 Å². The smallest absolute Gasteiger partial charge is 0.309 e. The van der Waals surface area contributed by atoms with Crippen molar-refractivity contribution in [3.63, 3.8) is 0 Å². The Bertz CT molecular complexity index is 598. The minimum absolute atomic E-state index is 0.0124. The lowest BCUT2D eigenvalue weighted by Gasteiger charge is -2.34. The number of amides is 1. The van der Waals surface area contributed by atoms with E-state index in [4.69, 9.17) is 9.47 Å². The Morgan fingerprint density at radius 2 is 1.88 bits per heavy atom. The molecule has 1 aliphatic carbocycles. The first-order valence-electron chi connectivity index (χ1n) is 8.30. The van der Waals surface area contributed by atoms with Crippen molar-refractivity contribution in [2.45, 2.75) is 31.8 Å². The number of nitrogens with zero attached hydrogens (tertiary/aromatic N) is 1. The molecule has 6 heteroatoms. The molecule has 2 fully saturated rings. The Morgan fingerprint density at radius 3 is 2.50 bits per heavy atom. The van der Waals surface area contributed by atoms with Gasteiger partial charge in [0.25, 0.3) is 0 Å². The van der Waals surface area contributed by atoms with Crippen molar-refractivity contribution >= 4 is 11.9 Å². The van der Waals surface area contributed by atoms with E-state index >= 15 is 0 Å². The second-order valence-electron chi connectivity index (χ2n) is 6.41. The Kier molecular flexibility index (Phi) is 5.14. The van der Waals surface area contributed by atoms with Crippen LogP contribution < -0.4 is 0 Å². The zero-order valence-corrected chi connectivity index (χ0v) is 13.7. The highest BCUT2D eigenvalue weighted by Crippen LogP contribution is 2.42. The van der Waals surface area contributed by atoms with Crippen molar-refractivity contribution in [3.05, 3.63) is 35.6 Å². The summed E-state index contributed by atoms with van der Waals surface area (Å²) in [6.07, 6.45) is 2.11. The van der Waals surface area contributed by atoms with Crippen molar-refractivity contribution in [2.75, 3.05) is 20.3 Å². The highest BCUT2D eigenvalue weighted by atomic mass is 19.1. The fraction of sp³-hybridized carbons (Fsp3) is 0.556. The minimum atomic E-state index is -0.321. The lowest BCUT2D eigenvalue weighted by atomic mass is 10.0. The molecule has 2 unspecified atom stereocenters. The van der Waals surface area contributed by atoms with Gasteiger partial charge in [-0.25, -0.2) is 4.39 Å². The van der Waals surface area contributed by atoms with Crippen LogP contribution in [0.3, 0.4) is 0 Å². The van der Waals surface area contributed by atoms with Crippen LogP contribution in [0.2, 0.25) is 0 Å². The summed E-state index contributed by atoms with van der Waals surface area (Å²) in [6.45, 7) is 1.68. The molecule has 0 N–H and O–H groups in total. The predicted octanol–water partition coefficient (Wildman–Crippen LogP) is 2.14. The van der Waals surface area contributed by atoms with E-state index in [0.29, 0.717) is 26.2 Å². The van der Waals surface area contributed by atoms with Crippen LogP contribution in [0.25, 0.3) is 0 Å². The SMILES string of the molecule is COC(=O)C1CC1C(=O)N(Cc1ccc(F)cc1)C1CCOCC1. The molecule has 1 aliphatic heterocycles. The third kappa shape index (κ3) is 3.75. The minimum Gasteiger partial charge on any atom is -0.469 e. The van der Waals surface area contributed by atoms with Crippen LogP contribution in [-0.4, -0.2) is 43.1 Å². The van der Waals surface area contributed by atoms with Crippen molar-refractivity contribution in [1.29, 1.82) is 0 Å². The standard InChI is InChI=1S/C18H22FNO4/c1-23-18(22)16-10-15(16)17(21)20(14-6-8-24-9-7-14)11-12-2-4-13(19)5-3-12/h2-5,14-16H,6-11H2,1H3. The summed E-state index contributed by atoms with van der Waals surface area (Å²) in [6, 6.07) is 6.28. The average molecular weight is 335 g/mol. The normalized spacial score (nSPS) is 23.6. The quantitative estimate of drug-likeness (QED) is 0.774. The van der Waals surface area contributed by atoms with Crippen LogP contribution in [0.4, 0.5) is 4.39 Å². The predicted molar refractivity (Wildman–Crippen MR) is 84.4 cm³/mol. The number of hydrogen-bond acceptors (Lipinski definition) is 4. The molecular formula is C18H22FNO4. The number of ether oxygens (including phenoxy) is 2. The first-order chi connectivity index (χ1) is 11.6. The molecule has 0 aromatic heterocycles. The number of rotatable bonds is 5. The van der Waals surface area contributed by atoms with Gasteiger partial charge in [-0.15, -0.1) is 0 Å². The van der Waals surface area contributed by atoms with Crippen LogP contribution in [0.15, 0.2) is 24.3 Å². The molecule has 1 aromatic carbocycles. The van der Waals surface area contributed by atoms with E-state index in [1.165, 1.54) is 19.2 Å². The van der Waals surface area contributed by atoms with Gasteiger partial charge in [-0.2, -0.15) is 0 Å². The van der Waals surface area contributed by atoms with Gasteiger partial charge >= 0.3 is 5.97 Å².